The Labute approximate surface area is 60.9 Å². The normalized spacial score (nSPS) is 13.4. The van der Waals surface area contributed by atoms with Gasteiger partial charge in [0.1, 0.15) is 12.2 Å². The fourth-order valence-corrected chi connectivity index (χ4v) is 0.805. The third-order valence-corrected chi connectivity index (χ3v) is 1.71. The number of hydrogen-bond acceptors (Lipinski definition) is 2. The first-order valence-electron chi connectivity index (χ1n) is 3.67. The first kappa shape index (κ1) is 7.25. The molecule has 0 aromatic carbocycles. The second kappa shape index (κ2) is 3.34. The molecule has 0 saturated heterocycles. The van der Waals surface area contributed by atoms with Gasteiger partial charge in [-0.15, -0.1) is 10.2 Å². The third-order valence-electron chi connectivity index (χ3n) is 1.71. The minimum absolute atomic E-state index is 0.702. The van der Waals surface area contributed by atoms with E-state index < -0.39 is 0 Å². The summed E-state index contributed by atoms with van der Waals surface area (Å²) in [6, 6.07) is 0. The van der Waals surface area contributed by atoms with Crippen LogP contribution in [-0.4, -0.2) is 15.2 Å². The molecule has 0 bridgehead atoms. The molecule has 0 amide bonds. The van der Waals surface area contributed by atoms with Crippen molar-refractivity contribution in [3.63, 3.8) is 0 Å². The van der Waals surface area contributed by atoms with Gasteiger partial charge < -0.3 is 4.98 Å². The van der Waals surface area contributed by atoms with E-state index >= 15 is 0 Å². The highest BCUT2D eigenvalue weighted by Crippen LogP contribution is 2.05. The van der Waals surface area contributed by atoms with Gasteiger partial charge in [-0.2, -0.15) is 0 Å². The van der Waals surface area contributed by atoms with Crippen LogP contribution in [0.5, 0.6) is 0 Å². The molecule has 0 aliphatic rings. The molecule has 1 atom stereocenters. The van der Waals surface area contributed by atoms with Crippen molar-refractivity contribution >= 4 is 0 Å². The van der Waals surface area contributed by atoms with Crippen molar-refractivity contribution in [2.24, 2.45) is 5.92 Å². The van der Waals surface area contributed by atoms with Gasteiger partial charge in [-0.25, -0.2) is 0 Å². The van der Waals surface area contributed by atoms with Crippen LogP contribution < -0.4 is 0 Å². The molecule has 3 nitrogen and oxygen atoms in total. The number of nitrogens with zero attached hydrogens (tertiary/aromatic N) is 2. The van der Waals surface area contributed by atoms with E-state index in [0.29, 0.717) is 5.92 Å². The minimum atomic E-state index is 0.702. The number of hydrogen-bond donors (Lipinski definition) is 1. The SMILES string of the molecule is CCC(C)Cc1nnc[nH]1. The maximum atomic E-state index is 3.90. The summed E-state index contributed by atoms with van der Waals surface area (Å²) in [6.45, 7) is 4.39. The minimum Gasteiger partial charge on any atom is -0.332 e. The molecule has 1 aromatic rings. The molecule has 56 valence electrons. The topological polar surface area (TPSA) is 41.6 Å². The Morgan fingerprint density at radius 1 is 1.70 bits per heavy atom. The summed E-state index contributed by atoms with van der Waals surface area (Å²) >= 11 is 0. The van der Waals surface area contributed by atoms with Crippen LogP contribution in [0.25, 0.3) is 0 Å². The number of rotatable bonds is 3. The monoisotopic (exact) mass is 139 g/mol. The molecule has 0 saturated carbocycles. The summed E-state index contributed by atoms with van der Waals surface area (Å²) in [4.78, 5) is 2.98. The highest BCUT2D eigenvalue weighted by molar-refractivity contribution is 4.81. The van der Waals surface area contributed by atoms with Gasteiger partial charge in [0.2, 0.25) is 0 Å². The predicted octanol–water partition coefficient (Wildman–Crippen LogP) is 1.39. The molecule has 0 fully saturated rings. The zero-order valence-corrected chi connectivity index (χ0v) is 6.46. The quantitative estimate of drug-likeness (QED) is 0.687. The molecule has 0 aliphatic heterocycles. The maximum absolute atomic E-state index is 3.90. The molecule has 0 radical (unpaired) electrons. The summed E-state index contributed by atoms with van der Waals surface area (Å²) in [5.41, 5.74) is 0. The van der Waals surface area contributed by atoms with Crippen LogP contribution in [-0.2, 0) is 6.42 Å². The number of aromatic nitrogens is 3. The first-order valence-corrected chi connectivity index (χ1v) is 3.67. The Kier molecular flexibility index (Phi) is 2.42. The molecule has 10 heavy (non-hydrogen) atoms. The van der Waals surface area contributed by atoms with E-state index in [9.17, 15) is 0 Å². The lowest BCUT2D eigenvalue weighted by Gasteiger charge is -2.02. The molecule has 1 N–H and O–H groups in total. The largest absolute Gasteiger partial charge is 0.332 e. The van der Waals surface area contributed by atoms with Gasteiger partial charge >= 0.3 is 0 Å². The summed E-state index contributed by atoms with van der Waals surface area (Å²) in [5, 5.41) is 7.60. The van der Waals surface area contributed by atoms with Gasteiger partial charge in [-0.3, -0.25) is 0 Å². The second-order valence-corrected chi connectivity index (χ2v) is 2.65. The van der Waals surface area contributed by atoms with E-state index in [1.807, 2.05) is 0 Å². The Morgan fingerprint density at radius 2 is 2.50 bits per heavy atom. The lowest BCUT2D eigenvalue weighted by molar-refractivity contribution is 0.544. The summed E-state index contributed by atoms with van der Waals surface area (Å²) < 4.78 is 0. The van der Waals surface area contributed by atoms with Crippen LogP contribution in [0.1, 0.15) is 26.1 Å². The average Bonchev–Trinajstić information content (AvgIpc) is 2.40. The Bertz CT molecular complexity index is 169. The third kappa shape index (κ3) is 1.83. The van der Waals surface area contributed by atoms with Gasteiger partial charge in [-0.05, 0) is 5.92 Å². The molecular weight excluding hydrogens is 126 g/mol. The molecular formula is C7H13N3. The maximum Gasteiger partial charge on any atom is 0.130 e. The number of aromatic amines is 1. The van der Waals surface area contributed by atoms with Gasteiger partial charge in [-0.1, -0.05) is 20.3 Å². The second-order valence-electron chi connectivity index (χ2n) is 2.65. The van der Waals surface area contributed by atoms with E-state index in [1.165, 1.54) is 6.42 Å². The van der Waals surface area contributed by atoms with Crippen molar-refractivity contribution in [1.29, 1.82) is 0 Å². The Hall–Kier alpha value is -0.860. The number of H-pyrrole nitrogens is 1. The average molecular weight is 139 g/mol. The summed E-state index contributed by atoms with van der Waals surface area (Å²) in [7, 11) is 0. The first-order chi connectivity index (χ1) is 4.83. The highest BCUT2D eigenvalue weighted by Gasteiger charge is 2.01. The molecule has 1 unspecified atom stereocenters. The van der Waals surface area contributed by atoms with Crippen LogP contribution >= 0.6 is 0 Å². The Morgan fingerprint density at radius 3 is 3.00 bits per heavy atom. The fraction of sp³-hybridized carbons (Fsp3) is 0.714. The zero-order valence-electron chi connectivity index (χ0n) is 6.46. The van der Waals surface area contributed by atoms with E-state index in [4.69, 9.17) is 0 Å². The van der Waals surface area contributed by atoms with Crippen LogP contribution in [0, 0.1) is 5.92 Å². The standard InChI is InChI=1S/C7H13N3/c1-3-6(2)4-7-8-5-9-10-7/h5-6H,3-4H2,1-2H3,(H,8,9,10). The van der Waals surface area contributed by atoms with Gasteiger partial charge in [0.25, 0.3) is 0 Å². The van der Waals surface area contributed by atoms with E-state index in [2.05, 4.69) is 29.0 Å². The lowest BCUT2D eigenvalue weighted by atomic mass is 10.1. The van der Waals surface area contributed by atoms with Crippen molar-refractivity contribution in [2.75, 3.05) is 0 Å². The fourth-order valence-electron chi connectivity index (χ4n) is 0.805. The van der Waals surface area contributed by atoms with Crippen molar-refractivity contribution in [1.82, 2.24) is 15.2 Å². The van der Waals surface area contributed by atoms with E-state index in [0.717, 1.165) is 12.2 Å². The van der Waals surface area contributed by atoms with Crippen LogP contribution in [0.2, 0.25) is 0 Å². The Balaban J connectivity index is 2.40. The molecule has 0 aliphatic carbocycles. The van der Waals surface area contributed by atoms with Crippen molar-refractivity contribution in [3.05, 3.63) is 12.2 Å². The summed E-state index contributed by atoms with van der Waals surface area (Å²) in [5.74, 6) is 1.70. The van der Waals surface area contributed by atoms with Crippen LogP contribution in [0.15, 0.2) is 6.33 Å². The zero-order chi connectivity index (χ0) is 7.40. The number of nitrogens with one attached hydrogen (secondary N) is 1. The van der Waals surface area contributed by atoms with Crippen LogP contribution in [0.4, 0.5) is 0 Å². The molecule has 1 rings (SSSR count). The van der Waals surface area contributed by atoms with Crippen molar-refractivity contribution < 1.29 is 0 Å². The molecule has 0 spiro atoms. The predicted molar refractivity (Wildman–Crippen MR) is 39.5 cm³/mol. The van der Waals surface area contributed by atoms with Crippen LogP contribution in [0.3, 0.4) is 0 Å². The van der Waals surface area contributed by atoms with E-state index in [1.54, 1.807) is 6.33 Å². The lowest BCUT2D eigenvalue weighted by Crippen LogP contribution is -1.99. The molecule has 3 heteroatoms. The summed E-state index contributed by atoms with van der Waals surface area (Å²) in [6.07, 6.45) is 3.83. The van der Waals surface area contributed by atoms with Crippen molar-refractivity contribution in [3.8, 4) is 0 Å². The van der Waals surface area contributed by atoms with Gasteiger partial charge in [0, 0.05) is 6.42 Å². The van der Waals surface area contributed by atoms with Gasteiger partial charge in [0.15, 0.2) is 0 Å². The van der Waals surface area contributed by atoms with Gasteiger partial charge in [0.05, 0.1) is 0 Å². The van der Waals surface area contributed by atoms with E-state index in [-0.39, 0.29) is 0 Å². The molecule has 1 aromatic heterocycles. The van der Waals surface area contributed by atoms with Crippen molar-refractivity contribution in [2.45, 2.75) is 26.7 Å². The molecule has 1 heterocycles. The smallest absolute Gasteiger partial charge is 0.130 e. The highest BCUT2D eigenvalue weighted by atomic mass is 15.2.